The van der Waals surface area contributed by atoms with Crippen molar-refractivity contribution in [3.05, 3.63) is 17.7 Å². The monoisotopic (exact) mass is 263 g/mol. The first kappa shape index (κ1) is 12.7. The smallest absolute Gasteiger partial charge is 0.220 e. The Morgan fingerprint density at radius 3 is 2.95 bits per heavy atom. The highest BCUT2D eigenvalue weighted by atomic mass is 16.5. The maximum Gasteiger partial charge on any atom is 0.220 e. The van der Waals surface area contributed by atoms with Crippen LogP contribution in [0.4, 0.5) is 0 Å². The van der Waals surface area contributed by atoms with Gasteiger partial charge >= 0.3 is 0 Å². The summed E-state index contributed by atoms with van der Waals surface area (Å²) in [5, 5.41) is 0. The number of imidazole rings is 1. The van der Waals surface area contributed by atoms with Crippen molar-refractivity contribution >= 4 is 5.91 Å². The highest BCUT2D eigenvalue weighted by Gasteiger charge is 2.31. The molecule has 19 heavy (non-hydrogen) atoms. The van der Waals surface area contributed by atoms with Gasteiger partial charge in [0.05, 0.1) is 31.2 Å². The van der Waals surface area contributed by atoms with Gasteiger partial charge in [0.1, 0.15) is 0 Å². The summed E-state index contributed by atoms with van der Waals surface area (Å²) in [5.41, 5.74) is 2.26. The molecule has 0 aromatic carbocycles. The molecule has 1 aliphatic carbocycles. The van der Waals surface area contributed by atoms with Gasteiger partial charge in [-0.25, -0.2) is 4.98 Å². The number of nitrogens with zero attached hydrogens (tertiary/aromatic N) is 3. The molecule has 2 heterocycles. The summed E-state index contributed by atoms with van der Waals surface area (Å²) < 4.78 is 7.84. The van der Waals surface area contributed by atoms with Crippen LogP contribution in [0.2, 0.25) is 0 Å². The molecule has 1 atom stereocenters. The zero-order valence-electron chi connectivity index (χ0n) is 11.6. The van der Waals surface area contributed by atoms with E-state index in [1.807, 2.05) is 18.3 Å². The predicted octanol–water partition coefficient (Wildman–Crippen LogP) is 1.12. The van der Waals surface area contributed by atoms with Crippen molar-refractivity contribution in [2.75, 3.05) is 13.2 Å². The molecule has 0 saturated heterocycles. The van der Waals surface area contributed by atoms with E-state index in [1.165, 1.54) is 18.5 Å². The van der Waals surface area contributed by atoms with E-state index in [2.05, 4.69) is 9.55 Å². The van der Waals surface area contributed by atoms with E-state index in [-0.39, 0.29) is 11.9 Å². The van der Waals surface area contributed by atoms with Crippen LogP contribution >= 0.6 is 0 Å². The summed E-state index contributed by atoms with van der Waals surface area (Å²) >= 11 is 0. The topological polar surface area (TPSA) is 47.4 Å². The number of hydrogen-bond donors (Lipinski definition) is 0. The second-order valence-electron chi connectivity index (χ2n) is 5.73. The highest BCUT2D eigenvalue weighted by molar-refractivity contribution is 5.74. The SMILES string of the molecule is CC(=O)N1Cc2ncn(C)c2C[C@@H]1COCC1CC1. The summed E-state index contributed by atoms with van der Waals surface area (Å²) in [6, 6.07) is 0.152. The molecule has 104 valence electrons. The molecule has 0 unspecified atom stereocenters. The van der Waals surface area contributed by atoms with Crippen LogP contribution in [0.5, 0.6) is 0 Å². The first-order valence-electron chi connectivity index (χ1n) is 6.99. The maximum absolute atomic E-state index is 11.8. The zero-order chi connectivity index (χ0) is 13.4. The minimum Gasteiger partial charge on any atom is -0.379 e. The van der Waals surface area contributed by atoms with Crippen molar-refractivity contribution in [3.8, 4) is 0 Å². The van der Waals surface area contributed by atoms with Crippen LogP contribution < -0.4 is 0 Å². The van der Waals surface area contributed by atoms with Crippen molar-refractivity contribution in [2.24, 2.45) is 13.0 Å². The van der Waals surface area contributed by atoms with Crippen molar-refractivity contribution in [2.45, 2.75) is 38.8 Å². The third-order valence-corrected chi connectivity index (χ3v) is 4.10. The number of hydrogen-bond acceptors (Lipinski definition) is 3. The van der Waals surface area contributed by atoms with Crippen LogP contribution in [0, 0.1) is 5.92 Å². The molecule has 5 nitrogen and oxygen atoms in total. The number of aromatic nitrogens is 2. The number of carbonyl (C=O) groups is 1. The van der Waals surface area contributed by atoms with Crippen molar-refractivity contribution in [1.82, 2.24) is 14.5 Å². The van der Waals surface area contributed by atoms with Gasteiger partial charge in [-0.2, -0.15) is 0 Å². The highest BCUT2D eigenvalue weighted by Crippen LogP contribution is 2.29. The third-order valence-electron chi connectivity index (χ3n) is 4.10. The molecule has 1 saturated carbocycles. The molecule has 2 aliphatic rings. The number of carbonyl (C=O) groups excluding carboxylic acids is 1. The summed E-state index contributed by atoms with van der Waals surface area (Å²) in [5.74, 6) is 0.873. The lowest BCUT2D eigenvalue weighted by atomic mass is 10.0. The summed E-state index contributed by atoms with van der Waals surface area (Å²) in [6.45, 7) is 3.73. The summed E-state index contributed by atoms with van der Waals surface area (Å²) in [6.07, 6.45) is 5.27. The van der Waals surface area contributed by atoms with Crippen LogP contribution in [-0.2, 0) is 29.5 Å². The lowest BCUT2D eigenvalue weighted by molar-refractivity contribution is -0.134. The van der Waals surface area contributed by atoms with E-state index >= 15 is 0 Å². The molecule has 1 fully saturated rings. The lowest BCUT2D eigenvalue weighted by Gasteiger charge is -2.34. The van der Waals surface area contributed by atoms with Crippen molar-refractivity contribution in [3.63, 3.8) is 0 Å². The Balaban J connectivity index is 1.68. The Bertz CT molecular complexity index is 479. The van der Waals surface area contributed by atoms with Gasteiger partial charge in [0, 0.05) is 32.7 Å². The second-order valence-corrected chi connectivity index (χ2v) is 5.73. The predicted molar refractivity (Wildman–Crippen MR) is 70.5 cm³/mol. The fraction of sp³-hybridized carbons (Fsp3) is 0.714. The summed E-state index contributed by atoms with van der Waals surface area (Å²) in [7, 11) is 2.01. The normalized spacial score (nSPS) is 22.4. The number of ether oxygens (including phenoxy) is 1. The van der Waals surface area contributed by atoms with E-state index in [9.17, 15) is 4.79 Å². The van der Waals surface area contributed by atoms with E-state index in [0.717, 1.165) is 24.6 Å². The van der Waals surface area contributed by atoms with Gasteiger partial charge < -0.3 is 14.2 Å². The van der Waals surface area contributed by atoms with Crippen LogP contribution in [0.3, 0.4) is 0 Å². The fourth-order valence-corrected chi connectivity index (χ4v) is 2.69. The minimum absolute atomic E-state index is 0.108. The Kier molecular flexibility index (Phi) is 3.31. The fourth-order valence-electron chi connectivity index (χ4n) is 2.69. The maximum atomic E-state index is 11.8. The Morgan fingerprint density at radius 2 is 2.26 bits per heavy atom. The first-order chi connectivity index (χ1) is 9.15. The van der Waals surface area contributed by atoms with Crippen LogP contribution in [0.15, 0.2) is 6.33 Å². The van der Waals surface area contributed by atoms with E-state index in [0.29, 0.717) is 13.2 Å². The molecule has 0 spiro atoms. The molecule has 5 heteroatoms. The Morgan fingerprint density at radius 1 is 1.47 bits per heavy atom. The van der Waals surface area contributed by atoms with Crippen LogP contribution in [-0.4, -0.2) is 39.6 Å². The van der Waals surface area contributed by atoms with E-state index in [1.54, 1.807) is 6.92 Å². The zero-order valence-corrected chi connectivity index (χ0v) is 11.6. The standard InChI is InChI=1S/C14H21N3O2/c1-10(18)17-6-13-14(16(2)9-15-13)5-12(17)8-19-7-11-3-4-11/h9,11-12H,3-8H2,1-2H3/t12-/m1/s1. The average Bonchev–Trinajstić information content (AvgIpc) is 3.13. The van der Waals surface area contributed by atoms with Gasteiger partial charge in [-0.1, -0.05) is 0 Å². The minimum atomic E-state index is 0.108. The van der Waals surface area contributed by atoms with E-state index < -0.39 is 0 Å². The lowest BCUT2D eigenvalue weighted by Crippen LogP contribution is -2.46. The molecule has 0 radical (unpaired) electrons. The molecule has 1 amide bonds. The van der Waals surface area contributed by atoms with Gasteiger partial charge in [-0.15, -0.1) is 0 Å². The molecule has 1 aromatic rings. The number of amides is 1. The van der Waals surface area contributed by atoms with Gasteiger partial charge in [-0.3, -0.25) is 4.79 Å². The molecule has 1 aliphatic heterocycles. The van der Waals surface area contributed by atoms with Gasteiger partial charge in [0.25, 0.3) is 0 Å². The average molecular weight is 263 g/mol. The second kappa shape index (κ2) is 4.96. The van der Waals surface area contributed by atoms with Crippen LogP contribution in [0.1, 0.15) is 31.2 Å². The number of aryl methyl sites for hydroxylation is 1. The van der Waals surface area contributed by atoms with Crippen molar-refractivity contribution < 1.29 is 9.53 Å². The molecular formula is C14H21N3O2. The summed E-state index contributed by atoms with van der Waals surface area (Å²) in [4.78, 5) is 18.0. The molecule has 1 aromatic heterocycles. The third kappa shape index (κ3) is 2.66. The van der Waals surface area contributed by atoms with Gasteiger partial charge in [0.2, 0.25) is 5.91 Å². The number of fused-ring (bicyclic) bond motifs is 1. The van der Waals surface area contributed by atoms with E-state index in [4.69, 9.17) is 4.74 Å². The first-order valence-corrected chi connectivity index (χ1v) is 6.99. The molecule has 3 rings (SSSR count). The number of rotatable bonds is 4. The van der Waals surface area contributed by atoms with Gasteiger partial charge in [0.15, 0.2) is 0 Å². The Labute approximate surface area is 113 Å². The molecule has 0 N–H and O–H groups in total. The largest absolute Gasteiger partial charge is 0.379 e. The molecule has 0 bridgehead atoms. The van der Waals surface area contributed by atoms with Crippen molar-refractivity contribution in [1.29, 1.82) is 0 Å². The quantitative estimate of drug-likeness (QED) is 0.818. The van der Waals surface area contributed by atoms with Crippen LogP contribution in [0.25, 0.3) is 0 Å². The Hall–Kier alpha value is -1.36. The van der Waals surface area contributed by atoms with Gasteiger partial charge in [-0.05, 0) is 18.8 Å². The molecular weight excluding hydrogens is 242 g/mol.